The number of benzene rings is 1. The van der Waals surface area contributed by atoms with Crippen LogP contribution in [0.4, 0.5) is 23.4 Å². The molecular weight excluding hydrogens is 546 g/mol. The van der Waals surface area contributed by atoms with Crippen molar-refractivity contribution < 1.29 is 32.3 Å². The number of aromatic nitrogens is 3. The van der Waals surface area contributed by atoms with E-state index in [1.54, 1.807) is 0 Å². The second-order valence-corrected chi connectivity index (χ2v) is 8.80. The lowest BCUT2D eigenvalue weighted by molar-refractivity contribution is -0.164. The number of alkyl halides is 3. The van der Waals surface area contributed by atoms with Crippen molar-refractivity contribution >= 4 is 34.9 Å². The number of nitrogen functional groups attached to an aromatic ring is 1. The highest BCUT2D eigenvalue weighted by atomic mass is 35.5. The Morgan fingerprint density at radius 1 is 1.23 bits per heavy atom. The van der Waals surface area contributed by atoms with Crippen LogP contribution in [-0.2, 0) is 4.79 Å². The van der Waals surface area contributed by atoms with E-state index in [0.717, 1.165) is 25.1 Å². The molecule has 2 unspecified atom stereocenters. The number of carbonyl (C=O) groups excluding carboxylic acids is 2. The molecule has 39 heavy (non-hydrogen) atoms. The molecule has 3 rings (SSSR count). The molecule has 1 aromatic carbocycles. The van der Waals surface area contributed by atoms with Crippen LogP contribution in [0, 0.1) is 11.2 Å². The Balaban J connectivity index is 1.80. The van der Waals surface area contributed by atoms with Crippen LogP contribution in [0.25, 0.3) is 11.4 Å². The predicted molar refractivity (Wildman–Crippen MR) is 135 cm³/mol. The van der Waals surface area contributed by atoms with Crippen LogP contribution in [0.5, 0.6) is 0 Å². The Kier molecular flexibility index (Phi) is 8.29. The maximum atomic E-state index is 13.2. The van der Waals surface area contributed by atoms with Gasteiger partial charge in [-0.25, -0.2) is 9.07 Å². The van der Waals surface area contributed by atoms with E-state index < -0.39 is 53.0 Å². The van der Waals surface area contributed by atoms with Gasteiger partial charge >= 0.3 is 6.18 Å². The van der Waals surface area contributed by atoms with E-state index in [1.165, 1.54) is 31.3 Å². The van der Waals surface area contributed by atoms with Crippen molar-refractivity contribution in [3.05, 3.63) is 76.0 Å². The molecule has 0 fully saturated rings. The number of rotatable bonds is 8. The number of allylic oxidation sites excluding steroid dienone is 1. The second kappa shape index (κ2) is 11.1. The van der Waals surface area contributed by atoms with Crippen molar-refractivity contribution in [1.82, 2.24) is 20.1 Å². The fourth-order valence-electron chi connectivity index (χ4n) is 3.45. The molecule has 0 aliphatic heterocycles. The molecular formula is C24H22ClF4N7O3. The molecule has 0 aliphatic carbocycles. The zero-order valence-corrected chi connectivity index (χ0v) is 21.1. The van der Waals surface area contributed by atoms with E-state index in [1.807, 2.05) is 0 Å². The summed E-state index contributed by atoms with van der Waals surface area (Å²) in [6.07, 6.45) is -2.55. The molecule has 3 aromatic rings. The Morgan fingerprint density at radius 3 is 2.44 bits per heavy atom. The van der Waals surface area contributed by atoms with Crippen LogP contribution >= 0.6 is 11.6 Å². The Bertz CT molecular complexity index is 1470. The predicted octanol–water partition coefficient (Wildman–Crippen LogP) is 4.23. The minimum absolute atomic E-state index is 0.0210. The average Bonchev–Trinajstić information content (AvgIpc) is 3.19. The first kappa shape index (κ1) is 29.1. The summed E-state index contributed by atoms with van der Waals surface area (Å²) in [5.74, 6) is -4.54. The molecule has 206 valence electrons. The third-order valence-corrected chi connectivity index (χ3v) is 6.02. The molecule has 7 N–H and O–H groups in total. The molecule has 2 atom stereocenters. The quantitative estimate of drug-likeness (QED) is 0.155. The van der Waals surface area contributed by atoms with Gasteiger partial charge in [-0.15, -0.1) is 0 Å². The number of nitrogens with one attached hydrogen (secondary N) is 2. The highest BCUT2D eigenvalue weighted by Crippen LogP contribution is 2.35. The zero-order chi connectivity index (χ0) is 29.2. The first-order valence-electron chi connectivity index (χ1n) is 11.1. The fourth-order valence-corrected chi connectivity index (χ4v) is 3.72. The van der Waals surface area contributed by atoms with Gasteiger partial charge in [0.15, 0.2) is 5.88 Å². The lowest BCUT2D eigenvalue weighted by Gasteiger charge is -2.17. The molecule has 0 saturated heterocycles. The maximum Gasteiger partial charge on any atom is 0.410 e. The SMILES string of the molecule is CC(C(=O)N/C(O)=C/C(=N)c1ccc(F)cc1Cl)c1ccc(-c2nn(C(C)C(F)(F)F)c(N)c2C(N)=O)nc1. The second-order valence-electron chi connectivity index (χ2n) is 8.39. The highest BCUT2D eigenvalue weighted by molar-refractivity contribution is 6.34. The molecule has 10 nitrogen and oxygen atoms in total. The third kappa shape index (κ3) is 6.34. The molecule has 0 saturated carbocycles. The van der Waals surface area contributed by atoms with Crippen molar-refractivity contribution in [2.24, 2.45) is 5.73 Å². The van der Waals surface area contributed by atoms with E-state index in [2.05, 4.69) is 15.4 Å². The van der Waals surface area contributed by atoms with Crippen molar-refractivity contribution in [3.8, 4) is 11.4 Å². The summed E-state index contributed by atoms with van der Waals surface area (Å²) in [5, 5.41) is 24.1. The van der Waals surface area contributed by atoms with E-state index >= 15 is 0 Å². The number of amides is 2. The Morgan fingerprint density at radius 2 is 1.90 bits per heavy atom. The van der Waals surface area contributed by atoms with Crippen molar-refractivity contribution in [3.63, 3.8) is 0 Å². The summed E-state index contributed by atoms with van der Waals surface area (Å²) < 4.78 is 53.3. The molecule has 0 spiro atoms. The highest BCUT2D eigenvalue weighted by Gasteiger charge is 2.40. The van der Waals surface area contributed by atoms with Gasteiger partial charge in [0, 0.05) is 17.8 Å². The van der Waals surface area contributed by atoms with Gasteiger partial charge in [-0.3, -0.25) is 19.9 Å². The Hall–Kier alpha value is -4.46. The lowest BCUT2D eigenvalue weighted by Crippen LogP contribution is -2.28. The standard InChI is InChI=1S/C24H22ClF4N7O3/c1-10(23(39)34-18(37)8-16(30)14-5-4-13(26)7-15(14)25)12-3-6-17(33-9-12)20-19(22(32)38)21(31)36(35-20)11(2)24(27,28)29/h3-11,30,37H,31H2,1-2H3,(H2,32,38)(H,34,39)/b18-8-,30-16?. The first-order chi connectivity index (χ1) is 18.1. The minimum Gasteiger partial charge on any atom is -0.494 e. The fraction of sp³-hybridized carbons (Fsp3) is 0.208. The van der Waals surface area contributed by atoms with E-state index in [4.69, 9.17) is 28.5 Å². The number of halogens is 5. The van der Waals surface area contributed by atoms with Gasteiger partial charge in [0.25, 0.3) is 5.91 Å². The molecule has 0 bridgehead atoms. The zero-order valence-electron chi connectivity index (χ0n) is 20.3. The van der Waals surface area contributed by atoms with Gasteiger partial charge in [-0.1, -0.05) is 17.7 Å². The summed E-state index contributed by atoms with van der Waals surface area (Å²) >= 11 is 5.90. The van der Waals surface area contributed by atoms with Crippen LogP contribution in [0.2, 0.25) is 5.02 Å². The average molecular weight is 568 g/mol. The number of anilines is 1. The van der Waals surface area contributed by atoms with E-state index in [-0.39, 0.29) is 27.7 Å². The van der Waals surface area contributed by atoms with Gasteiger partial charge in [0.1, 0.15) is 28.9 Å². The molecule has 2 heterocycles. The van der Waals surface area contributed by atoms with E-state index in [9.17, 15) is 32.3 Å². The maximum absolute atomic E-state index is 13.2. The summed E-state index contributed by atoms with van der Waals surface area (Å²) in [5.41, 5.74) is 10.5. The largest absolute Gasteiger partial charge is 0.494 e. The normalized spacial score (nSPS) is 13.6. The van der Waals surface area contributed by atoms with Gasteiger partial charge in [0.2, 0.25) is 5.91 Å². The van der Waals surface area contributed by atoms with Crippen LogP contribution in [0.1, 0.15) is 47.3 Å². The number of nitrogens with two attached hydrogens (primary N) is 2. The van der Waals surface area contributed by atoms with Crippen LogP contribution < -0.4 is 16.8 Å². The first-order valence-corrected chi connectivity index (χ1v) is 11.5. The molecule has 0 radical (unpaired) electrons. The monoisotopic (exact) mass is 567 g/mol. The number of nitrogens with zero attached hydrogens (tertiary/aromatic N) is 3. The number of pyridine rings is 1. The van der Waals surface area contributed by atoms with Crippen molar-refractivity contribution in [2.45, 2.75) is 32.0 Å². The van der Waals surface area contributed by atoms with Crippen LogP contribution in [0.15, 0.2) is 48.5 Å². The topological polar surface area (TPSA) is 173 Å². The number of aliphatic hydroxyl groups excluding tert-OH is 1. The van der Waals surface area contributed by atoms with Crippen molar-refractivity contribution in [2.75, 3.05) is 5.73 Å². The summed E-state index contributed by atoms with van der Waals surface area (Å²) in [4.78, 5) is 28.6. The van der Waals surface area contributed by atoms with Gasteiger partial charge < -0.3 is 22.0 Å². The molecule has 2 aromatic heterocycles. The van der Waals surface area contributed by atoms with Gasteiger partial charge in [0.05, 0.1) is 22.3 Å². The van der Waals surface area contributed by atoms with Crippen molar-refractivity contribution in [1.29, 1.82) is 5.41 Å². The summed E-state index contributed by atoms with van der Waals surface area (Å²) in [6, 6.07) is 3.91. The number of primary amides is 1. The number of hydrogen-bond acceptors (Lipinski definition) is 7. The molecule has 0 aliphatic rings. The number of aliphatic hydroxyl groups is 1. The lowest BCUT2D eigenvalue weighted by atomic mass is 10.0. The number of hydrogen-bond donors (Lipinski definition) is 5. The molecule has 2 amide bonds. The smallest absolute Gasteiger partial charge is 0.410 e. The van der Waals surface area contributed by atoms with Crippen LogP contribution in [0.3, 0.4) is 0 Å². The van der Waals surface area contributed by atoms with Crippen LogP contribution in [-0.4, -0.2) is 43.6 Å². The number of carbonyl (C=O) groups is 2. The van der Waals surface area contributed by atoms with Gasteiger partial charge in [-0.05, 0) is 43.7 Å². The van der Waals surface area contributed by atoms with E-state index in [0.29, 0.717) is 10.2 Å². The Labute approximate surface area is 223 Å². The summed E-state index contributed by atoms with van der Waals surface area (Å²) in [6.45, 7) is 2.29. The summed E-state index contributed by atoms with van der Waals surface area (Å²) in [7, 11) is 0. The molecule has 15 heteroatoms. The minimum atomic E-state index is -4.70. The third-order valence-electron chi connectivity index (χ3n) is 5.71. The van der Waals surface area contributed by atoms with Gasteiger partial charge in [-0.2, -0.15) is 18.3 Å².